The molecule has 0 N–H and O–H groups in total. The van der Waals surface area contributed by atoms with Crippen molar-refractivity contribution in [3.63, 3.8) is 0 Å². The van der Waals surface area contributed by atoms with Gasteiger partial charge in [0.05, 0.1) is 16.6 Å². The number of rotatable bonds is 4. The Morgan fingerprint density at radius 1 is 1.02 bits per heavy atom. The Morgan fingerprint density at radius 2 is 1.67 bits per heavy atom. The summed E-state index contributed by atoms with van der Waals surface area (Å²) in [5.74, 6) is 0.285. The second-order valence-corrected chi connectivity index (χ2v) is 21.7. The molecule has 0 radical (unpaired) electrons. The van der Waals surface area contributed by atoms with Gasteiger partial charge in [-0.15, -0.1) is 10.3 Å². The molecule has 4 unspecified atom stereocenters. The average molecular weight is 708 g/mol. The van der Waals surface area contributed by atoms with Crippen LogP contribution in [-0.4, -0.2) is 39.4 Å². The zero-order chi connectivity index (χ0) is 31.0. The van der Waals surface area contributed by atoms with Crippen molar-refractivity contribution in [3.8, 4) is 0 Å². The molecule has 0 bridgehead atoms. The van der Waals surface area contributed by atoms with Crippen LogP contribution in [0.4, 0.5) is 0 Å². The van der Waals surface area contributed by atoms with Gasteiger partial charge < -0.3 is 13.7 Å². The summed E-state index contributed by atoms with van der Waals surface area (Å²) in [5.41, 5.74) is 8.77. The molecule has 2 aliphatic heterocycles. The van der Waals surface area contributed by atoms with Crippen LogP contribution in [0.1, 0.15) is 139 Å². The maximum Gasteiger partial charge on any atom is 0.111 e. The van der Waals surface area contributed by atoms with Crippen LogP contribution in [0.3, 0.4) is 0 Å². The lowest BCUT2D eigenvalue weighted by atomic mass is 9.70. The van der Waals surface area contributed by atoms with Gasteiger partial charge >= 0.3 is 0 Å². The maximum absolute atomic E-state index is 7.46. The van der Waals surface area contributed by atoms with E-state index in [-0.39, 0.29) is 37.6 Å². The monoisotopic (exact) mass is 707 g/mol. The van der Waals surface area contributed by atoms with Crippen LogP contribution in [0.2, 0.25) is 0 Å². The van der Waals surface area contributed by atoms with Crippen LogP contribution in [-0.2, 0) is 31.1 Å². The highest BCUT2D eigenvalue weighted by atomic mass is 127. The number of hydrogen-bond donors (Lipinski definition) is 0. The van der Waals surface area contributed by atoms with E-state index in [4.69, 9.17) is 18.6 Å². The lowest BCUT2D eigenvalue weighted by Gasteiger charge is -2.49. The lowest BCUT2D eigenvalue weighted by molar-refractivity contribution is -0.113. The molecule has 6 heteroatoms. The third-order valence-electron chi connectivity index (χ3n) is 9.95. The van der Waals surface area contributed by atoms with E-state index >= 15 is 0 Å². The molecule has 42 heavy (non-hydrogen) atoms. The number of ether oxygens (including phenoxy) is 2. The first-order valence-corrected chi connectivity index (χ1v) is 19.4. The summed E-state index contributed by atoms with van der Waals surface area (Å²) < 4.78 is 21.1. The highest BCUT2D eigenvalue weighted by molar-refractivity contribution is 14.1. The van der Waals surface area contributed by atoms with E-state index in [2.05, 4.69) is 129 Å². The van der Waals surface area contributed by atoms with Gasteiger partial charge in [-0.1, -0.05) is 116 Å². The first-order valence-electron chi connectivity index (χ1n) is 15.8. The molecule has 1 saturated heterocycles. The molecule has 234 valence electrons. The van der Waals surface area contributed by atoms with Crippen molar-refractivity contribution in [2.75, 3.05) is 25.7 Å². The van der Waals surface area contributed by atoms with Gasteiger partial charge in [0, 0.05) is 45.9 Å². The van der Waals surface area contributed by atoms with E-state index in [1.807, 2.05) is 0 Å². The Labute approximate surface area is 271 Å². The Hall–Kier alpha value is -0.670. The van der Waals surface area contributed by atoms with Gasteiger partial charge in [-0.2, -0.15) is 0 Å². The highest BCUT2D eigenvalue weighted by Gasteiger charge is 2.56. The topological polar surface area (TPSA) is 40.6 Å². The molecule has 3 heterocycles. The molecule has 3 aliphatic rings. The number of fused-ring (bicyclic) bond motifs is 4. The lowest BCUT2D eigenvalue weighted by Crippen LogP contribution is -2.45. The van der Waals surface area contributed by atoms with E-state index in [1.54, 1.807) is 0 Å². The Bertz CT molecular complexity index is 1320. The molecular formula is C36H54INO3S. The highest BCUT2D eigenvalue weighted by Crippen LogP contribution is 2.63. The number of pyridine rings is 1. The normalized spacial score (nSPS) is 28.2. The van der Waals surface area contributed by atoms with Crippen molar-refractivity contribution >= 4 is 32.9 Å². The average Bonchev–Trinajstić information content (AvgIpc) is 3.18. The van der Waals surface area contributed by atoms with Gasteiger partial charge in [0.1, 0.15) is 11.7 Å². The van der Waals surface area contributed by atoms with E-state index in [9.17, 15) is 0 Å². The van der Waals surface area contributed by atoms with Crippen molar-refractivity contribution in [2.45, 2.75) is 126 Å². The van der Waals surface area contributed by atoms with Crippen molar-refractivity contribution < 1.29 is 13.7 Å². The number of halogens is 1. The van der Waals surface area contributed by atoms with Gasteiger partial charge in [0.2, 0.25) is 0 Å². The molecule has 0 saturated carbocycles. The molecule has 4 atom stereocenters. The van der Waals surface area contributed by atoms with Gasteiger partial charge in [0.15, 0.2) is 0 Å². The molecule has 1 fully saturated rings. The zero-order valence-electron chi connectivity index (χ0n) is 28.1. The smallest absolute Gasteiger partial charge is 0.111 e. The number of nitrogens with zero attached hydrogens (tertiary/aromatic N) is 1. The summed E-state index contributed by atoms with van der Waals surface area (Å²) in [5, 5.41) is 0. The minimum atomic E-state index is -1.37. The van der Waals surface area contributed by atoms with E-state index < -0.39 is 15.9 Å². The van der Waals surface area contributed by atoms with Crippen LogP contribution in [0, 0.1) is 5.41 Å². The van der Waals surface area contributed by atoms with Crippen LogP contribution in [0.5, 0.6) is 0 Å². The fraction of sp³-hybridized carbons (Fsp3) is 0.694. The predicted octanol–water partition coefficient (Wildman–Crippen LogP) is 9.85. The van der Waals surface area contributed by atoms with Gasteiger partial charge in [-0.3, -0.25) is 4.98 Å². The molecule has 5 rings (SSSR count). The number of aromatic nitrogens is 1. The third-order valence-corrected chi connectivity index (χ3v) is 15.0. The van der Waals surface area contributed by atoms with Crippen molar-refractivity contribution in [1.82, 2.24) is 4.98 Å². The summed E-state index contributed by atoms with van der Waals surface area (Å²) in [7, 11) is -1.37. The van der Waals surface area contributed by atoms with Crippen LogP contribution < -0.4 is 0 Å². The summed E-state index contributed by atoms with van der Waals surface area (Å²) in [4.78, 5) is 5.57. The molecule has 1 aliphatic carbocycles. The first-order chi connectivity index (χ1) is 19.3. The van der Waals surface area contributed by atoms with Crippen LogP contribution in [0.15, 0.2) is 24.3 Å². The first kappa shape index (κ1) is 32.7. The zero-order valence-corrected chi connectivity index (χ0v) is 31.1. The van der Waals surface area contributed by atoms with Crippen molar-refractivity contribution in [1.29, 1.82) is 0 Å². The van der Waals surface area contributed by atoms with Gasteiger partial charge in [0.25, 0.3) is 0 Å². The summed E-state index contributed by atoms with van der Waals surface area (Å²) >= 11 is 2.61. The fourth-order valence-corrected chi connectivity index (χ4v) is 8.87. The molecular weight excluding hydrogens is 653 g/mol. The van der Waals surface area contributed by atoms with Gasteiger partial charge in [-0.05, 0) is 53.2 Å². The maximum atomic E-state index is 7.46. The Morgan fingerprint density at radius 3 is 2.21 bits per heavy atom. The summed E-state index contributed by atoms with van der Waals surface area (Å²) in [6, 6.07) is 9.17. The third kappa shape index (κ3) is 5.74. The van der Waals surface area contributed by atoms with E-state index in [0.717, 1.165) is 19.3 Å². The second kappa shape index (κ2) is 11.0. The standard InChI is InChI=1S/C36H54INO3S/c1-22(2)31-29-30(28-25(38-31)19-35(9,10)20-26(28)41-42(11,12)34(6,7)8)36(17-18-39-21-27(36)37)40-32(29)23-13-15-24(16-14-23)33(3,4)5/h13-16,22,26-27,32H,17-21H2,1-12H3. The number of alkyl halides is 1. The minimum Gasteiger partial charge on any atom is -0.380 e. The summed E-state index contributed by atoms with van der Waals surface area (Å²) in [6.45, 7) is 24.5. The fourth-order valence-electron chi connectivity index (χ4n) is 6.81. The number of hydrogen-bond acceptors (Lipinski definition) is 4. The van der Waals surface area contributed by atoms with E-state index in [1.165, 1.54) is 39.2 Å². The van der Waals surface area contributed by atoms with Crippen molar-refractivity contribution in [2.24, 2.45) is 5.41 Å². The molecule has 4 nitrogen and oxygen atoms in total. The minimum absolute atomic E-state index is 0.00984. The number of benzene rings is 1. The Balaban J connectivity index is 1.79. The molecule has 2 aromatic rings. The largest absolute Gasteiger partial charge is 0.380 e. The van der Waals surface area contributed by atoms with Crippen LogP contribution >= 0.6 is 32.9 Å². The Kier molecular flexibility index (Phi) is 8.56. The van der Waals surface area contributed by atoms with Crippen LogP contribution in [0.25, 0.3) is 0 Å². The second-order valence-electron chi connectivity index (χ2n) is 16.3. The molecule has 1 aromatic heterocycles. The van der Waals surface area contributed by atoms with Crippen molar-refractivity contribution in [3.05, 3.63) is 63.5 Å². The van der Waals surface area contributed by atoms with Gasteiger partial charge in [-0.25, -0.2) is 0 Å². The van der Waals surface area contributed by atoms with E-state index in [0.29, 0.717) is 13.2 Å². The molecule has 1 aromatic carbocycles. The molecule has 0 amide bonds. The quantitative estimate of drug-likeness (QED) is 0.234. The SMILES string of the molecule is CC(C)c1nc2c(c3c1C(c1ccc(C(C)(C)C)cc1)OC31CCOCC1I)C(OS(C)(C)C(C)(C)C)CC(C)(C)C2. The molecule has 1 spiro atoms. The summed E-state index contributed by atoms with van der Waals surface area (Å²) in [6.07, 6.45) is 7.32. The predicted molar refractivity (Wildman–Crippen MR) is 186 cm³/mol.